The third-order valence-corrected chi connectivity index (χ3v) is 3.29. The van der Waals surface area contributed by atoms with Crippen molar-refractivity contribution in [2.24, 2.45) is 0 Å². The number of carbonyl (C=O) groups excluding carboxylic acids is 1. The van der Waals surface area contributed by atoms with Gasteiger partial charge in [-0.1, -0.05) is 6.92 Å². The largest absolute Gasteiger partial charge is 0.378 e. The molecule has 2 rings (SSSR count). The summed E-state index contributed by atoms with van der Waals surface area (Å²) in [5.41, 5.74) is 1.12. The highest BCUT2D eigenvalue weighted by molar-refractivity contribution is 5.76. The van der Waals surface area contributed by atoms with Gasteiger partial charge in [0.2, 0.25) is 5.91 Å². The van der Waals surface area contributed by atoms with Crippen LogP contribution in [0.3, 0.4) is 0 Å². The van der Waals surface area contributed by atoms with Crippen LogP contribution in [-0.4, -0.2) is 53.2 Å². The smallest absolute Gasteiger partial charge is 0.224 e. The molecule has 2 heterocycles. The average molecular weight is 266 g/mol. The van der Waals surface area contributed by atoms with Crippen LogP contribution >= 0.6 is 0 Å². The standard InChI is InChI=1S/C13H22N4O2/c1-2-14-9-12-10-15-11-17(12)4-3-13(18)16-5-7-19-8-6-16/h10-11,14H,2-9H2,1H3. The Balaban J connectivity index is 1.81. The first-order chi connectivity index (χ1) is 9.31. The van der Waals surface area contributed by atoms with Crippen LogP contribution in [0.15, 0.2) is 12.5 Å². The minimum absolute atomic E-state index is 0.200. The first kappa shape index (κ1) is 14.0. The van der Waals surface area contributed by atoms with Crippen molar-refractivity contribution in [3.63, 3.8) is 0 Å². The van der Waals surface area contributed by atoms with E-state index < -0.39 is 0 Å². The zero-order valence-electron chi connectivity index (χ0n) is 11.5. The second kappa shape index (κ2) is 7.25. The molecular formula is C13H22N4O2. The maximum Gasteiger partial charge on any atom is 0.224 e. The molecule has 0 aromatic carbocycles. The molecule has 1 aliphatic heterocycles. The highest BCUT2D eigenvalue weighted by Crippen LogP contribution is 2.04. The lowest BCUT2D eigenvalue weighted by molar-refractivity contribution is -0.135. The predicted octanol–water partition coefficient (Wildman–Crippen LogP) is 0.242. The summed E-state index contributed by atoms with van der Waals surface area (Å²) in [5, 5.41) is 3.27. The molecule has 0 unspecified atom stereocenters. The Morgan fingerprint density at radius 1 is 1.47 bits per heavy atom. The highest BCUT2D eigenvalue weighted by atomic mass is 16.5. The van der Waals surface area contributed by atoms with E-state index in [1.807, 2.05) is 15.7 Å². The topological polar surface area (TPSA) is 59.4 Å². The number of rotatable bonds is 6. The molecule has 1 fully saturated rings. The van der Waals surface area contributed by atoms with Gasteiger partial charge in [-0.3, -0.25) is 4.79 Å². The lowest BCUT2D eigenvalue weighted by Gasteiger charge is -2.27. The minimum Gasteiger partial charge on any atom is -0.378 e. The molecule has 0 aliphatic carbocycles. The van der Waals surface area contributed by atoms with Crippen molar-refractivity contribution >= 4 is 5.91 Å². The van der Waals surface area contributed by atoms with E-state index in [1.165, 1.54) is 0 Å². The highest BCUT2D eigenvalue weighted by Gasteiger charge is 2.16. The second-order valence-corrected chi connectivity index (χ2v) is 4.60. The monoisotopic (exact) mass is 266 g/mol. The maximum atomic E-state index is 12.0. The van der Waals surface area contributed by atoms with Crippen LogP contribution in [0, 0.1) is 0 Å². The van der Waals surface area contributed by atoms with E-state index in [-0.39, 0.29) is 5.91 Å². The van der Waals surface area contributed by atoms with E-state index in [2.05, 4.69) is 17.2 Å². The fourth-order valence-corrected chi connectivity index (χ4v) is 2.14. The Hall–Kier alpha value is -1.40. The SMILES string of the molecule is CCNCc1cncn1CCC(=O)N1CCOCC1. The van der Waals surface area contributed by atoms with Crippen molar-refractivity contribution < 1.29 is 9.53 Å². The molecule has 0 radical (unpaired) electrons. The van der Waals surface area contributed by atoms with E-state index in [1.54, 1.807) is 6.33 Å². The number of amides is 1. The average Bonchev–Trinajstić information content (AvgIpc) is 2.91. The van der Waals surface area contributed by atoms with Crippen LogP contribution in [0.2, 0.25) is 0 Å². The number of imidazole rings is 1. The molecular weight excluding hydrogens is 244 g/mol. The molecule has 0 saturated carbocycles. The number of nitrogens with zero attached hydrogens (tertiary/aromatic N) is 3. The molecule has 6 heteroatoms. The summed E-state index contributed by atoms with van der Waals surface area (Å²) in [5.74, 6) is 0.200. The summed E-state index contributed by atoms with van der Waals surface area (Å²) in [7, 11) is 0. The van der Waals surface area contributed by atoms with Gasteiger partial charge in [0.25, 0.3) is 0 Å². The van der Waals surface area contributed by atoms with Crippen molar-refractivity contribution in [1.29, 1.82) is 0 Å². The molecule has 1 saturated heterocycles. The van der Waals surface area contributed by atoms with E-state index in [0.29, 0.717) is 39.3 Å². The summed E-state index contributed by atoms with van der Waals surface area (Å²) >= 11 is 0. The van der Waals surface area contributed by atoms with Gasteiger partial charge in [0.15, 0.2) is 0 Å². The van der Waals surface area contributed by atoms with E-state index in [4.69, 9.17) is 4.74 Å². The molecule has 1 amide bonds. The summed E-state index contributed by atoms with van der Waals surface area (Å²) in [6.45, 7) is 7.23. The number of morpholine rings is 1. The van der Waals surface area contributed by atoms with Gasteiger partial charge in [0.05, 0.1) is 25.2 Å². The normalized spacial score (nSPS) is 15.7. The number of nitrogens with one attached hydrogen (secondary N) is 1. The molecule has 1 aromatic rings. The first-order valence-corrected chi connectivity index (χ1v) is 6.86. The van der Waals surface area contributed by atoms with Crippen molar-refractivity contribution in [3.8, 4) is 0 Å². The summed E-state index contributed by atoms with van der Waals surface area (Å²) in [6, 6.07) is 0. The van der Waals surface area contributed by atoms with Gasteiger partial charge in [-0.2, -0.15) is 0 Å². The van der Waals surface area contributed by atoms with Gasteiger partial charge >= 0.3 is 0 Å². The number of ether oxygens (including phenoxy) is 1. The molecule has 0 bridgehead atoms. The molecule has 0 atom stereocenters. The number of hydrogen-bond acceptors (Lipinski definition) is 4. The van der Waals surface area contributed by atoms with Gasteiger partial charge in [0.1, 0.15) is 0 Å². The lowest BCUT2D eigenvalue weighted by atomic mass is 10.3. The third-order valence-electron chi connectivity index (χ3n) is 3.29. The fourth-order valence-electron chi connectivity index (χ4n) is 2.14. The van der Waals surface area contributed by atoms with Crippen molar-refractivity contribution in [2.75, 3.05) is 32.8 Å². The van der Waals surface area contributed by atoms with E-state index in [9.17, 15) is 4.79 Å². The van der Waals surface area contributed by atoms with Crippen molar-refractivity contribution in [3.05, 3.63) is 18.2 Å². The minimum atomic E-state index is 0.200. The van der Waals surface area contributed by atoms with Gasteiger partial charge in [-0.15, -0.1) is 0 Å². The molecule has 0 spiro atoms. The van der Waals surface area contributed by atoms with Gasteiger partial charge in [-0.05, 0) is 6.54 Å². The van der Waals surface area contributed by atoms with Gasteiger partial charge in [0, 0.05) is 38.8 Å². The zero-order valence-corrected chi connectivity index (χ0v) is 11.5. The zero-order chi connectivity index (χ0) is 13.5. The lowest BCUT2D eigenvalue weighted by Crippen LogP contribution is -2.41. The summed E-state index contributed by atoms with van der Waals surface area (Å²) < 4.78 is 7.29. The Morgan fingerprint density at radius 3 is 3.00 bits per heavy atom. The number of aryl methyl sites for hydroxylation is 1. The Morgan fingerprint density at radius 2 is 2.26 bits per heavy atom. The van der Waals surface area contributed by atoms with E-state index in [0.717, 1.165) is 18.8 Å². The maximum absolute atomic E-state index is 12.0. The van der Waals surface area contributed by atoms with Crippen molar-refractivity contribution in [1.82, 2.24) is 19.8 Å². The number of aromatic nitrogens is 2. The van der Waals surface area contributed by atoms with Crippen LogP contribution in [0.25, 0.3) is 0 Å². The van der Waals surface area contributed by atoms with Crippen LogP contribution in [0.4, 0.5) is 0 Å². The first-order valence-electron chi connectivity index (χ1n) is 6.86. The van der Waals surface area contributed by atoms with Crippen molar-refractivity contribution in [2.45, 2.75) is 26.4 Å². The van der Waals surface area contributed by atoms with Gasteiger partial charge in [-0.25, -0.2) is 4.98 Å². The Kier molecular flexibility index (Phi) is 5.35. The molecule has 19 heavy (non-hydrogen) atoms. The number of hydrogen-bond donors (Lipinski definition) is 1. The van der Waals surface area contributed by atoms with E-state index >= 15 is 0 Å². The fraction of sp³-hybridized carbons (Fsp3) is 0.692. The predicted molar refractivity (Wildman–Crippen MR) is 71.6 cm³/mol. The van der Waals surface area contributed by atoms with Crippen LogP contribution in [-0.2, 0) is 22.6 Å². The Labute approximate surface area is 113 Å². The molecule has 1 aliphatic rings. The summed E-state index contributed by atoms with van der Waals surface area (Å²) in [6.07, 6.45) is 4.16. The van der Waals surface area contributed by atoms with Gasteiger partial charge < -0.3 is 19.5 Å². The summed E-state index contributed by atoms with van der Waals surface area (Å²) in [4.78, 5) is 18.1. The molecule has 6 nitrogen and oxygen atoms in total. The Bertz CT molecular complexity index is 399. The number of carbonyl (C=O) groups is 1. The molecule has 1 aromatic heterocycles. The van der Waals surface area contributed by atoms with Crippen LogP contribution in [0.1, 0.15) is 19.0 Å². The third kappa shape index (κ3) is 4.04. The van der Waals surface area contributed by atoms with Crippen LogP contribution < -0.4 is 5.32 Å². The van der Waals surface area contributed by atoms with Crippen LogP contribution in [0.5, 0.6) is 0 Å². The quantitative estimate of drug-likeness (QED) is 0.801. The second-order valence-electron chi connectivity index (χ2n) is 4.60. The molecule has 106 valence electrons. The molecule has 1 N–H and O–H groups in total.